The van der Waals surface area contributed by atoms with E-state index in [0.717, 1.165) is 13.1 Å². The molecule has 17 heavy (non-hydrogen) atoms. The van der Waals surface area contributed by atoms with Crippen molar-refractivity contribution in [2.24, 2.45) is 0 Å². The van der Waals surface area contributed by atoms with Crippen molar-refractivity contribution in [1.29, 1.82) is 0 Å². The van der Waals surface area contributed by atoms with Crippen molar-refractivity contribution in [3.05, 3.63) is 41.0 Å². The fraction of sp³-hybridized carbons (Fsp3) is 0.500. The highest BCUT2D eigenvalue weighted by Gasteiger charge is 1.97. The van der Waals surface area contributed by atoms with Crippen LogP contribution in [0.1, 0.15) is 51.2 Å². The molecule has 1 aromatic carbocycles. The second-order valence-corrected chi connectivity index (χ2v) is 4.99. The molecule has 0 amide bonds. The summed E-state index contributed by atoms with van der Waals surface area (Å²) in [5.41, 5.74) is 4.09. The van der Waals surface area contributed by atoms with Gasteiger partial charge in [-0.25, -0.2) is 0 Å². The third kappa shape index (κ3) is 5.18. The van der Waals surface area contributed by atoms with Gasteiger partial charge in [-0.2, -0.15) is 0 Å². The molecule has 0 heterocycles. The van der Waals surface area contributed by atoms with E-state index >= 15 is 0 Å². The molecule has 0 spiro atoms. The van der Waals surface area contributed by atoms with Gasteiger partial charge in [0.1, 0.15) is 0 Å². The van der Waals surface area contributed by atoms with E-state index in [2.05, 4.69) is 63.4 Å². The van der Waals surface area contributed by atoms with Crippen LogP contribution < -0.4 is 5.32 Å². The molecule has 0 saturated carbocycles. The Kier molecular flexibility index (Phi) is 5.99. The average Bonchev–Trinajstić information content (AvgIpc) is 2.30. The van der Waals surface area contributed by atoms with Crippen LogP contribution in [0.2, 0.25) is 0 Å². The summed E-state index contributed by atoms with van der Waals surface area (Å²) in [6.07, 6.45) is 3.45. The Labute approximate surface area is 106 Å². The lowest BCUT2D eigenvalue weighted by Gasteiger charge is -2.06. The van der Waals surface area contributed by atoms with E-state index in [-0.39, 0.29) is 0 Å². The summed E-state index contributed by atoms with van der Waals surface area (Å²) in [6.45, 7) is 10.9. The van der Waals surface area contributed by atoms with Crippen LogP contribution in [-0.4, -0.2) is 13.1 Å². The molecular formula is C16H25N. The maximum absolute atomic E-state index is 3.42. The zero-order chi connectivity index (χ0) is 12.7. The van der Waals surface area contributed by atoms with Crippen molar-refractivity contribution in [2.75, 3.05) is 13.1 Å². The van der Waals surface area contributed by atoms with Gasteiger partial charge in [0.05, 0.1) is 0 Å². The number of hydrogen-bond acceptors (Lipinski definition) is 1. The molecule has 0 radical (unpaired) electrons. The zero-order valence-electron chi connectivity index (χ0n) is 11.6. The van der Waals surface area contributed by atoms with Gasteiger partial charge in [0.15, 0.2) is 0 Å². The largest absolute Gasteiger partial charge is 0.313 e. The van der Waals surface area contributed by atoms with Crippen LogP contribution in [0.15, 0.2) is 29.8 Å². The SMILES string of the molecule is CCCNCC(C)=Cc1ccc(C(C)C)cc1. The lowest BCUT2D eigenvalue weighted by atomic mass is 10.0. The second kappa shape index (κ2) is 7.29. The number of hydrogen-bond donors (Lipinski definition) is 1. The highest BCUT2D eigenvalue weighted by molar-refractivity contribution is 5.53. The van der Waals surface area contributed by atoms with Crippen LogP contribution in [0.3, 0.4) is 0 Å². The number of nitrogens with one attached hydrogen (secondary N) is 1. The first kappa shape index (κ1) is 14.0. The van der Waals surface area contributed by atoms with Gasteiger partial charge in [-0.1, -0.05) is 56.7 Å². The molecule has 0 atom stereocenters. The summed E-state index contributed by atoms with van der Waals surface area (Å²) in [6, 6.07) is 8.86. The van der Waals surface area contributed by atoms with Gasteiger partial charge < -0.3 is 5.32 Å². The number of benzene rings is 1. The molecule has 0 fully saturated rings. The Hall–Kier alpha value is -1.08. The number of rotatable bonds is 6. The zero-order valence-corrected chi connectivity index (χ0v) is 11.6. The highest BCUT2D eigenvalue weighted by atomic mass is 14.8. The molecule has 0 aliphatic carbocycles. The molecule has 0 saturated heterocycles. The molecule has 0 aromatic heterocycles. The fourth-order valence-corrected chi connectivity index (χ4v) is 1.78. The van der Waals surface area contributed by atoms with Gasteiger partial charge in [-0.15, -0.1) is 0 Å². The molecule has 1 rings (SSSR count). The smallest absolute Gasteiger partial charge is 0.0165 e. The van der Waals surface area contributed by atoms with E-state index in [1.54, 1.807) is 0 Å². The quantitative estimate of drug-likeness (QED) is 0.723. The Morgan fingerprint density at radius 2 is 1.88 bits per heavy atom. The first-order chi connectivity index (χ1) is 8.13. The van der Waals surface area contributed by atoms with Crippen LogP contribution in [0.25, 0.3) is 6.08 Å². The van der Waals surface area contributed by atoms with E-state index in [4.69, 9.17) is 0 Å². The Morgan fingerprint density at radius 3 is 2.41 bits per heavy atom. The summed E-state index contributed by atoms with van der Waals surface area (Å²) in [5.74, 6) is 0.611. The Bertz CT molecular complexity index is 346. The minimum absolute atomic E-state index is 0.611. The van der Waals surface area contributed by atoms with Crippen LogP contribution in [0.4, 0.5) is 0 Å². The molecule has 0 unspecified atom stereocenters. The molecule has 94 valence electrons. The normalized spacial score (nSPS) is 12.2. The fourth-order valence-electron chi connectivity index (χ4n) is 1.78. The van der Waals surface area contributed by atoms with Gasteiger partial charge in [-0.3, -0.25) is 0 Å². The van der Waals surface area contributed by atoms with Gasteiger partial charge in [-0.05, 0) is 36.9 Å². The molecule has 1 nitrogen and oxygen atoms in total. The molecular weight excluding hydrogens is 206 g/mol. The Balaban J connectivity index is 2.58. The first-order valence-corrected chi connectivity index (χ1v) is 6.61. The predicted octanol–water partition coefficient (Wildman–Crippen LogP) is 4.21. The van der Waals surface area contributed by atoms with E-state index in [0.29, 0.717) is 5.92 Å². The standard InChI is InChI=1S/C16H25N/c1-5-10-17-12-14(4)11-15-6-8-16(9-7-15)13(2)3/h6-9,11,13,17H,5,10,12H2,1-4H3. The average molecular weight is 231 g/mol. The van der Waals surface area contributed by atoms with Crippen LogP contribution in [-0.2, 0) is 0 Å². The molecule has 1 heteroatoms. The summed E-state index contributed by atoms with van der Waals surface area (Å²) in [7, 11) is 0. The summed E-state index contributed by atoms with van der Waals surface area (Å²) in [4.78, 5) is 0. The first-order valence-electron chi connectivity index (χ1n) is 6.61. The van der Waals surface area contributed by atoms with Crippen LogP contribution >= 0.6 is 0 Å². The Morgan fingerprint density at radius 1 is 1.24 bits per heavy atom. The van der Waals surface area contributed by atoms with Crippen LogP contribution in [0.5, 0.6) is 0 Å². The van der Waals surface area contributed by atoms with Crippen molar-refractivity contribution in [3.63, 3.8) is 0 Å². The topological polar surface area (TPSA) is 12.0 Å². The van der Waals surface area contributed by atoms with E-state index in [1.807, 2.05) is 0 Å². The van der Waals surface area contributed by atoms with E-state index < -0.39 is 0 Å². The van der Waals surface area contributed by atoms with Crippen molar-refractivity contribution >= 4 is 6.08 Å². The summed E-state index contributed by atoms with van der Waals surface area (Å²) < 4.78 is 0. The lowest BCUT2D eigenvalue weighted by Crippen LogP contribution is -2.16. The van der Waals surface area contributed by atoms with Gasteiger partial charge in [0, 0.05) is 6.54 Å². The summed E-state index contributed by atoms with van der Waals surface area (Å²) >= 11 is 0. The predicted molar refractivity (Wildman–Crippen MR) is 77.3 cm³/mol. The lowest BCUT2D eigenvalue weighted by molar-refractivity contribution is 0.715. The third-order valence-corrected chi connectivity index (χ3v) is 2.85. The minimum Gasteiger partial charge on any atom is -0.313 e. The maximum atomic E-state index is 3.42. The van der Waals surface area contributed by atoms with Crippen molar-refractivity contribution in [3.8, 4) is 0 Å². The molecule has 1 N–H and O–H groups in total. The molecule has 1 aromatic rings. The monoisotopic (exact) mass is 231 g/mol. The molecule has 0 aliphatic heterocycles. The minimum atomic E-state index is 0.611. The van der Waals surface area contributed by atoms with E-state index in [9.17, 15) is 0 Å². The van der Waals surface area contributed by atoms with Gasteiger partial charge in [0.2, 0.25) is 0 Å². The highest BCUT2D eigenvalue weighted by Crippen LogP contribution is 2.16. The molecule has 0 aliphatic rings. The van der Waals surface area contributed by atoms with Gasteiger partial charge >= 0.3 is 0 Å². The maximum Gasteiger partial charge on any atom is 0.0165 e. The van der Waals surface area contributed by atoms with Crippen LogP contribution in [0, 0.1) is 0 Å². The van der Waals surface area contributed by atoms with Crippen molar-refractivity contribution in [2.45, 2.75) is 40.0 Å². The van der Waals surface area contributed by atoms with Gasteiger partial charge in [0.25, 0.3) is 0 Å². The second-order valence-electron chi connectivity index (χ2n) is 4.99. The van der Waals surface area contributed by atoms with Crippen molar-refractivity contribution < 1.29 is 0 Å². The molecule has 0 bridgehead atoms. The summed E-state index contributed by atoms with van der Waals surface area (Å²) in [5, 5.41) is 3.42. The van der Waals surface area contributed by atoms with Crippen molar-refractivity contribution in [1.82, 2.24) is 5.32 Å². The third-order valence-electron chi connectivity index (χ3n) is 2.85. The van der Waals surface area contributed by atoms with E-state index in [1.165, 1.54) is 23.1 Å².